The monoisotopic (exact) mass is 242 g/mol. The molecule has 16 heavy (non-hydrogen) atoms. The molecule has 0 radical (unpaired) electrons. The molecular weight excluding hydrogens is 224 g/mol. The van der Waals surface area contributed by atoms with Crippen LogP contribution in [0.4, 0.5) is 0 Å². The van der Waals surface area contributed by atoms with Gasteiger partial charge in [-0.25, -0.2) is 0 Å². The van der Waals surface area contributed by atoms with E-state index < -0.39 is 0 Å². The molecule has 90 valence electrons. The molecule has 4 nitrogen and oxygen atoms in total. The van der Waals surface area contributed by atoms with Crippen molar-refractivity contribution in [2.45, 2.75) is 19.3 Å². The van der Waals surface area contributed by atoms with Crippen molar-refractivity contribution in [1.29, 1.82) is 0 Å². The van der Waals surface area contributed by atoms with Crippen molar-refractivity contribution in [3.8, 4) is 0 Å². The van der Waals surface area contributed by atoms with E-state index in [2.05, 4.69) is 5.32 Å². The number of piperazine rings is 1. The minimum absolute atomic E-state index is 0.0289. The number of amides is 2. The fourth-order valence-corrected chi connectivity index (χ4v) is 3.38. The maximum atomic E-state index is 12.0. The van der Waals surface area contributed by atoms with E-state index in [0.29, 0.717) is 25.4 Å². The van der Waals surface area contributed by atoms with Crippen molar-refractivity contribution in [3.63, 3.8) is 0 Å². The van der Waals surface area contributed by atoms with E-state index in [1.54, 1.807) is 4.90 Å². The Bertz CT molecular complexity index is 277. The summed E-state index contributed by atoms with van der Waals surface area (Å²) >= 11 is 1.97. The molecule has 0 atom stereocenters. The van der Waals surface area contributed by atoms with Gasteiger partial charge in [0.25, 0.3) is 0 Å². The molecule has 0 spiro atoms. The van der Waals surface area contributed by atoms with Crippen LogP contribution in [0.25, 0.3) is 0 Å². The second-order valence-electron chi connectivity index (χ2n) is 4.43. The van der Waals surface area contributed by atoms with E-state index >= 15 is 0 Å². The van der Waals surface area contributed by atoms with E-state index in [0.717, 1.165) is 12.8 Å². The zero-order chi connectivity index (χ0) is 11.4. The predicted octanol–water partition coefficient (Wildman–Crippen LogP) is 0.478. The zero-order valence-electron chi connectivity index (χ0n) is 9.41. The summed E-state index contributed by atoms with van der Waals surface area (Å²) in [6.45, 7) is 1.53. The van der Waals surface area contributed by atoms with Gasteiger partial charge in [-0.15, -0.1) is 0 Å². The Hall–Kier alpha value is -0.710. The molecule has 2 fully saturated rings. The first kappa shape index (κ1) is 11.8. The van der Waals surface area contributed by atoms with Gasteiger partial charge in [0.15, 0.2) is 0 Å². The lowest BCUT2D eigenvalue weighted by Gasteiger charge is -2.29. The van der Waals surface area contributed by atoms with Crippen molar-refractivity contribution >= 4 is 23.6 Å². The van der Waals surface area contributed by atoms with Gasteiger partial charge in [0, 0.05) is 19.5 Å². The SMILES string of the molecule is O=C1CN(C(=O)CC2CCSCC2)CCN1. The van der Waals surface area contributed by atoms with Crippen LogP contribution in [0.15, 0.2) is 0 Å². The van der Waals surface area contributed by atoms with Crippen LogP contribution in [0.1, 0.15) is 19.3 Å². The molecule has 0 saturated carbocycles. The maximum Gasteiger partial charge on any atom is 0.239 e. The Morgan fingerprint density at radius 1 is 1.44 bits per heavy atom. The molecule has 1 N–H and O–H groups in total. The standard InChI is InChI=1S/C11H18N2O2S/c14-10-8-13(4-3-12-10)11(15)7-9-1-5-16-6-2-9/h9H,1-8H2,(H,12,14). The van der Waals surface area contributed by atoms with Crippen LogP contribution in [-0.2, 0) is 9.59 Å². The topological polar surface area (TPSA) is 49.4 Å². The quantitative estimate of drug-likeness (QED) is 0.766. The number of thioether (sulfide) groups is 1. The van der Waals surface area contributed by atoms with Gasteiger partial charge >= 0.3 is 0 Å². The molecule has 2 aliphatic rings. The fraction of sp³-hybridized carbons (Fsp3) is 0.818. The van der Waals surface area contributed by atoms with Crippen LogP contribution < -0.4 is 5.32 Å². The first-order valence-electron chi connectivity index (χ1n) is 5.88. The van der Waals surface area contributed by atoms with Gasteiger partial charge < -0.3 is 10.2 Å². The summed E-state index contributed by atoms with van der Waals surface area (Å²) in [6, 6.07) is 0. The van der Waals surface area contributed by atoms with Gasteiger partial charge in [0.05, 0.1) is 6.54 Å². The summed E-state index contributed by atoms with van der Waals surface area (Å²) in [5.74, 6) is 3.03. The number of hydrogen-bond acceptors (Lipinski definition) is 3. The number of rotatable bonds is 2. The first-order valence-corrected chi connectivity index (χ1v) is 7.03. The molecule has 0 unspecified atom stereocenters. The Morgan fingerprint density at radius 3 is 2.88 bits per heavy atom. The zero-order valence-corrected chi connectivity index (χ0v) is 10.2. The van der Waals surface area contributed by atoms with Crippen molar-refractivity contribution in [1.82, 2.24) is 10.2 Å². The molecule has 0 aliphatic carbocycles. The second-order valence-corrected chi connectivity index (χ2v) is 5.65. The summed E-state index contributed by atoms with van der Waals surface area (Å²) in [4.78, 5) is 24.8. The summed E-state index contributed by atoms with van der Waals surface area (Å²) in [5, 5.41) is 2.73. The Balaban J connectivity index is 1.79. The highest BCUT2D eigenvalue weighted by Gasteiger charge is 2.24. The molecule has 0 aromatic carbocycles. The van der Waals surface area contributed by atoms with Crippen molar-refractivity contribution in [2.75, 3.05) is 31.1 Å². The minimum Gasteiger partial charge on any atom is -0.353 e. The number of nitrogens with one attached hydrogen (secondary N) is 1. The summed E-state index contributed by atoms with van der Waals surface area (Å²) < 4.78 is 0. The van der Waals surface area contributed by atoms with Gasteiger partial charge in [0.2, 0.25) is 11.8 Å². The summed E-state index contributed by atoms with van der Waals surface area (Å²) in [6.07, 6.45) is 2.93. The molecule has 2 heterocycles. The van der Waals surface area contributed by atoms with Crippen LogP contribution in [0, 0.1) is 5.92 Å². The third-order valence-electron chi connectivity index (χ3n) is 3.20. The van der Waals surface area contributed by atoms with Gasteiger partial charge in [-0.2, -0.15) is 11.8 Å². The molecule has 2 amide bonds. The lowest BCUT2D eigenvalue weighted by molar-refractivity contribution is -0.139. The smallest absolute Gasteiger partial charge is 0.239 e. The van der Waals surface area contributed by atoms with E-state index in [1.807, 2.05) is 11.8 Å². The largest absolute Gasteiger partial charge is 0.353 e. The minimum atomic E-state index is -0.0289. The van der Waals surface area contributed by atoms with Crippen molar-refractivity contribution in [2.24, 2.45) is 5.92 Å². The van der Waals surface area contributed by atoms with Crippen LogP contribution in [0.5, 0.6) is 0 Å². The van der Waals surface area contributed by atoms with Crippen molar-refractivity contribution < 1.29 is 9.59 Å². The van der Waals surface area contributed by atoms with E-state index in [-0.39, 0.29) is 18.4 Å². The maximum absolute atomic E-state index is 12.0. The summed E-state index contributed by atoms with van der Waals surface area (Å²) in [7, 11) is 0. The molecule has 2 rings (SSSR count). The Kier molecular flexibility index (Phi) is 4.09. The fourth-order valence-electron chi connectivity index (χ4n) is 2.18. The number of nitrogens with zero attached hydrogens (tertiary/aromatic N) is 1. The molecule has 2 saturated heterocycles. The van der Waals surface area contributed by atoms with Gasteiger partial charge in [-0.1, -0.05) is 0 Å². The highest BCUT2D eigenvalue weighted by Crippen LogP contribution is 2.25. The van der Waals surface area contributed by atoms with Gasteiger partial charge in [0.1, 0.15) is 0 Å². The molecule has 2 aliphatic heterocycles. The molecule has 0 aromatic rings. The number of carbonyl (C=O) groups excluding carboxylic acids is 2. The third-order valence-corrected chi connectivity index (χ3v) is 4.24. The molecule has 0 aromatic heterocycles. The van der Waals surface area contributed by atoms with E-state index in [4.69, 9.17) is 0 Å². The highest BCUT2D eigenvalue weighted by molar-refractivity contribution is 7.99. The van der Waals surface area contributed by atoms with Crippen LogP contribution >= 0.6 is 11.8 Å². The number of carbonyl (C=O) groups is 2. The molecule has 5 heteroatoms. The average molecular weight is 242 g/mol. The van der Waals surface area contributed by atoms with Crippen LogP contribution in [-0.4, -0.2) is 47.9 Å². The molecular formula is C11H18N2O2S. The predicted molar refractivity (Wildman–Crippen MR) is 64.3 cm³/mol. The van der Waals surface area contributed by atoms with Gasteiger partial charge in [-0.05, 0) is 30.3 Å². The van der Waals surface area contributed by atoms with Crippen LogP contribution in [0.2, 0.25) is 0 Å². The van der Waals surface area contributed by atoms with E-state index in [9.17, 15) is 9.59 Å². The number of hydrogen-bond donors (Lipinski definition) is 1. The third kappa shape index (κ3) is 3.14. The highest BCUT2D eigenvalue weighted by atomic mass is 32.2. The Labute approximate surface area is 100 Å². The van der Waals surface area contributed by atoms with Gasteiger partial charge in [-0.3, -0.25) is 9.59 Å². The summed E-state index contributed by atoms with van der Waals surface area (Å²) in [5.41, 5.74) is 0. The second kappa shape index (κ2) is 5.57. The van der Waals surface area contributed by atoms with Crippen LogP contribution in [0.3, 0.4) is 0 Å². The lowest BCUT2D eigenvalue weighted by Crippen LogP contribution is -2.50. The lowest BCUT2D eigenvalue weighted by atomic mass is 9.98. The molecule has 0 bridgehead atoms. The normalized spacial score (nSPS) is 23.0. The Morgan fingerprint density at radius 2 is 2.19 bits per heavy atom. The van der Waals surface area contributed by atoms with E-state index in [1.165, 1.54) is 11.5 Å². The average Bonchev–Trinajstić information content (AvgIpc) is 2.30. The van der Waals surface area contributed by atoms with Crippen molar-refractivity contribution in [3.05, 3.63) is 0 Å². The first-order chi connectivity index (χ1) is 7.75.